The lowest BCUT2D eigenvalue weighted by molar-refractivity contribution is 0.725. The zero-order chi connectivity index (χ0) is 49.3. The molecule has 1 fully saturated rings. The molecular formula is C55H88N10. The van der Waals surface area contributed by atoms with Crippen LogP contribution in [0, 0.1) is 13.8 Å². The first kappa shape index (κ1) is 56.5. The van der Waals surface area contributed by atoms with Crippen molar-refractivity contribution < 1.29 is 0 Å². The second-order valence-corrected chi connectivity index (χ2v) is 20.6. The molecular weight excluding hydrogens is 801 g/mol. The summed E-state index contributed by atoms with van der Waals surface area (Å²) in [7, 11) is 0. The molecule has 1 aliphatic carbocycles. The Kier molecular flexibility index (Phi) is 23.6. The molecule has 65 heavy (non-hydrogen) atoms. The predicted octanol–water partition coefficient (Wildman–Crippen LogP) is 15.1. The predicted molar refractivity (Wildman–Crippen MR) is 272 cm³/mol. The highest BCUT2D eigenvalue weighted by Crippen LogP contribution is 2.39. The molecule has 0 atom stereocenters. The van der Waals surface area contributed by atoms with Gasteiger partial charge in [0, 0.05) is 48.8 Å². The standard InChI is InChI=1S/C13H20N2.2C11H18N2.2C10H16N2/c1-8(2)11-7-14-13(10-5-6-10)15-12(11)9(3)4;2*1-7(2)10-6-12-9(5)13-11(10)8(3)4;1-7(2)9-5-11-6-12-10(9)8(3)4;1-7(2)9-10(8(3)4)12-6-5-11-9/h7-10H,5-6H2,1-4H3;2*6-8H,1-5H3;2*5-8H,1-4H3. The van der Waals surface area contributed by atoms with Crippen molar-refractivity contribution in [1.29, 1.82) is 0 Å². The Morgan fingerprint density at radius 2 is 0.662 bits per heavy atom. The number of rotatable bonds is 11. The van der Waals surface area contributed by atoms with Crippen LogP contribution in [0.5, 0.6) is 0 Å². The lowest BCUT2D eigenvalue weighted by Gasteiger charge is -2.15. The quantitative estimate of drug-likeness (QED) is 0.126. The molecule has 0 bridgehead atoms. The maximum absolute atomic E-state index is 4.74. The molecule has 1 aliphatic rings. The molecule has 0 aromatic carbocycles. The average Bonchev–Trinajstić information content (AvgIpc) is 4.10. The highest BCUT2D eigenvalue weighted by Gasteiger charge is 2.28. The maximum atomic E-state index is 4.74. The molecule has 0 N–H and O–H groups in total. The van der Waals surface area contributed by atoms with Gasteiger partial charge in [0.05, 0.1) is 28.5 Å². The third-order valence-electron chi connectivity index (χ3n) is 11.0. The number of hydrogen-bond acceptors (Lipinski definition) is 10. The van der Waals surface area contributed by atoms with Crippen LogP contribution in [-0.4, -0.2) is 49.8 Å². The van der Waals surface area contributed by atoms with Crippen LogP contribution in [0.4, 0.5) is 0 Å². The molecule has 5 aromatic heterocycles. The number of aromatic nitrogens is 10. The topological polar surface area (TPSA) is 129 Å². The van der Waals surface area contributed by atoms with Crippen LogP contribution in [0.15, 0.2) is 43.5 Å². The number of hydrogen-bond donors (Lipinski definition) is 0. The lowest BCUT2D eigenvalue weighted by Crippen LogP contribution is -2.06. The highest BCUT2D eigenvalue weighted by molar-refractivity contribution is 5.27. The van der Waals surface area contributed by atoms with Gasteiger partial charge >= 0.3 is 0 Å². The summed E-state index contributed by atoms with van der Waals surface area (Å²) in [6.45, 7) is 47.4. The van der Waals surface area contributed by atoms with E-state index in [0.29, 0.717) is 65.1 Å². The summed E-state index contributed by atoms with van der Waals surface area (Å²) in [6, 6.07) is 0. The van der Waals surface area contributed by atoms with Crippen molar-refractivity contribution in [2.75, 3.05) is 0 Å². The molecule has 10 heteroatoms. The van der Waals surface area contributed by atoms with Gasteiger partial charge in [-0.1, -0.05) is 138 Å². The smallest absolute Gasteiger partial charge is 0.131 e. The molecule has 5 aromatic rings. The molecule has 10 nitrogen and oxygen atoms in total. The third kappa shape index (κ3) is 18.3. The van der Waals surface area contributed by atoms with E-state index in [9.17, 15) is 0 Å². The first-order valence-electron chi connectivity index (χ1n) is 24.5. The van der Waals surface area contributed by atoms with E-state index >= 15 is 0 Å². The van der Waals surface area contributed by atoms with Crippen LogP contribution >= 0.6 is 0 Å². The van der Waals surface area contributed by atoms with E-state index in [2.05, 4.69) is 183 Å². The van der Waals surface area contributed by atoms with Crippen LogP contribution in [0.25, 0.3) is 0 Å². The van der Waals surface area contributed by atoms with Crippen molar-refractivity contribution in [2.24, 2.45) is 0 Å². The Morgan fingerprint density at radius 3 is 0.969 bits per heavy atom. The van der Waals surface area contributed by atoms with E-state index in [-0.39, 0.29) is 0 Å². The molecule has 0 unspecified atom stereocenters. The van der Waals surface area contributed by atoms with Gasteiger partial charge in [0.15, 0.2) is 0 Å². The summed E-state index contributed by atoms with van der Waals surface area (Å²) in [5.74, 6) is 8.43. The fraction of sp³-hybridized carbons (Fsp3) is 0.636. The Hall–Kier alpha value is -4.60. The third-order valence-corrected chi connectivity index (χ3v) is 11.0. The van der Waals surface area contributed by atoms with E-state index in [1.807, 2.05) is 38.6 Å². The van der Waals surface area contributed by atoms with Gasteiger partial charge in [-0.15, -0.1) is 0 Å². The van der Waals surface area contributed by atoms with E-state index in [1.54, 1.807) is 18.7 Å². The SMILES string of the molecule is CC(C)c1cnc(C2CC2)nc1C(C)C.CC(C)c1cncnc1C(C)C.CC(C)c1nccnc1C(C)C.Cc1ncc(C(C)C)c(C(C)C)n1.Cc1ncc(C(C)C)c(C(C)C)n1. The van der Waals surface area contributed by atoms with Crippen molar-refractivity contribution in [3.63, 3.8) is 0 Å². The van der Waals surface area contributed by atoms with Crippen molar-refractivity contribution in [3.8, 4) is 0 Å². The van der Waals surface area contributed by atoms with Gasteiger partial charge < -0.3 is 0 Å². The highest BCUT2D eigenvalue weighted by atomic mass is 14.9. The van der Waals surface area contributed by atoms with E-state index in [0.717, 1.165) is 28.9 Å². The summed E-state index contributed by atoms with van der Waals surface area (Å²) in [5, 5.41) is 0. The molecule has 1 saturated carbocycles. The minimum atomic E-state index is 0.469. The van der Waals surface area contributed by atoms with Crippen molar-refractivity contribution in [3.05, 3.63) is 117 Å². The monoisotopic (exact) mass is 889 g/mol. The van der Waals surface area contributed by atoms with Gasteiger partial charge in [-0.05, 0) is 108 Å². The van der Waals surface area contributed by atoms with Crippen LogP contribution in [-0.2, 0) is 0 Å². The molecule has 358 valence electrons. The van der Waals surface area contributed by atoms with E-state index < -0.39 is 0 Å². The van der Waals surface area contributed by atoms with Crippen molar-refractivity contribution >= 4 is 0 Å². The summed E-state index contributed by atoms with van der Waals surface area (Å²) in [4.78, 5) is 43.7. The van der Waals surface area contributed by atoms with Gasteiger partial charge in [0.1, 0.15) is 23.8 Å². The van der Waals surface area contributed by atoms with E-state index in [4.69, 9.17) is 4.98 Å². The second kappa shape index (κ2) is 27.1. The first-order chi connectivity index (χ1) is 30.4. The number of aryl methyl sites for hydroxylation is 2. The molecule has 6 rings (SSSR count). The molecule has 0 radical (unpaired) electrons. The first-order valence-corrected chi connectivity index (χ1v) is 24.5. The Bertz CT molecular complexity index is 1980. The van der Waals surface area contributed by atoms with Crippen molar-refractivity contribution in [1.82, 2.24) is 49.8 Å². The van der Waals surface area contributed by atoms with Gasteiger partial charge in [-0.3, -0.25) is 9.97 Å². The minimum Gasteiger partial charge on any atom is -0.258 e. The molecule has 0 spiro atoms. The largest absolute Gasteiger partial charge is 0.258 e. The molecule has 5 heterocycles. The Balaban J connectivity index is 0.000000280. The van der Waals surface area contributed by atoms with Crippen LogP contribution < -0.4 is 0 Å². The lowest BCUT2D eigenvalue weighted by atomic mass is 9.97. The zero-order valence-corrected chi connectivity index (χ0v) is 44.8. The molecule has 0 aliphatic heterocycles. The summed E-state index contributed by atoms with van der Waals surface area (Å²) >= 11 is 0. The average molecular weight is 889 g/mol. The Labute approximate surface area is 396 Å². The fourth-order valence-corrected chi connectivity index (χ4v) is 7.20. The van der Waals surface area contributed by atoms with Crippen LogP contribution in [0.2, 0.25) is 0 Å². The van der Waals surface area contributed by atoms with Crippen molar-refractivity contribution in [2.45, 2.75) is 230 Å². The summed E-state index contributed by atoms with van der Waals surface area (Å²) in [6.07, 6.45) is 15.6. The van der Waals surface area contributed by atoms with Gasteiger partial charge in [0.25, 0.3) is 0 Å². The maximum Gasteiger partial charge on any atom is 0.131 e. The van der Waals surface area contributed by atoms with Crippen LogP contribution in [0.1, 0.15) is 290 Å². The summed E-state index contributed by atoms with van der Waals surface area (Å²) < 4.78 is 0. The molecule has 0 saturated heterocycles. The molecule has 0 amide bonds. The number of nitrogens with zero attached hydrogens (tertiary/aromatic N) is 10. The fourth-order valence-electron chi connectivity index (χ4n) is 7.20. The normalized spacial score (nSPS) is 12.4. The van der Waals surface area contributed by atoms with E-state index in [1.165, 1.54) is 57.9 Å². The Morgan fingerprint density at radius 1 is 0.338 bits per heavy atom. The second-order valence-electron chi connectivity index (χ2n) is 20.6. The minimum absolute atomic E-state index is 0.469. The van der Waals surface area contributed by atoms with Gasteiger partial charge in [-0.25, -0.2) is 39.9 Å². The van der Waals surface area contributed by atoms with Gasteiger partial charge in [0.2, 0.25) is 0 Å². The zero-order valence-electron chi connectivity index (χ0n) is 44.8. The summed E-state index contributed by atoms with van der Waals surface area (Å²) in [5.41, 5.74) is 12.2. The van der Waals surface area contributed by atoms with Crippen LogP contribution in [0.3, 0.4) is 0 Å². The van der Waals surface area contributed by atoms with Gasteiger partial charge in [-0.2, -0.15) is 0 Å².